The van der Waals surface area contributed by atoms with Gasteiger partial charge in [0.1, 0.15) is 18.1 Å². The Morgan fingerprint density at radius 1 is 0.906 bits per heavy atom. The highest BCUT2D eigenvalue weighted by molar-refractivity contribution is 7.80. The molecule has 0 saturated heterocycles. The third kappa shape index (κ3) is 12.0. The Kier molecular flexibility index (Phi) is 14.5. The third-order valence-electron chi connectivity index (χ3n) is 4.25. The molecule has 14 heteroatoms. The summed E-state index contributed by atoms with van der Waals surface area (Å²) in [4.78, 5) is 52.6. The van der Waals surface area contributed by atoms with E-state index in [1.165, 1.54) is 0 Å². The van der Waals surface area contributed by atoms with Crippen LogP contribution in [0.25, 0.3) is 0 Å². The molecular formula is C18H35N7O5S2. The molecule has 0 spiro atoms. The number of hydrogen-bond acceptors (Lipinski definition) is 8. The first-order valence-corrected chi connectivity index (χ1v) is 11.4. The van der Waals surface area contributed by atoms with Gasteiger partial charge in [0.25, 0.3) is 0 Å². The molecule has 0 saturated carbocycles. The number of nitrogens with zero attached hydrogens (tertiary/aromatic N) is 1. The molecule has 4 atom stereocenters. The largest absolute Gasteiger partial charge is 0.480 e. The SMILES string of the molecule is CC(C)CC(N)C(=O)NC(CS)C(=O)NC(CCCN=C(N)N)C(=O)NC(CS)C(=O)O. The minimum atomic E-state index is -1.27. The van der Waals surface area contributed by atoms with Gasteiger partial charge in [-0.2, -0.15) is 25.3 Å². The molecule has 0 aliphatic carbocycles. The van der Waals surface area contributed by atoms with Crippen LogP contribution in [-0.4, -0.2) is 77.0 Å². The molecule has 0 radical (unpaired) electrons. The van der Waals surface area contributed by atoms with Crippen LogP contribution in [-0.2, 0) is 19.2 Å². The number of rotatable bonds is 15. The summed E-state index contributed by atoms with van der Waals surface area (Å²) in [6, 6.07) is -4.17. The van der Waals surface area contributed by atoms with E-state index in [9.17, 15) is 19.2 Å². The van der Waals surface area contributed by atoms with Crippen molar-refractivity contribution >= 4 is 54.9 Å². The van der Waals surface area contributed by atoms with Crippen LogP contribution in [0.2, 0.25) is 0 Å². The quantitative estimate of drug-likeness (QED) is 0.0527. The second-order valence-corrected chi connectivity index (χ2v) is 8.30. The number of aliphatic imine (C=N–C) groups is 1. The highest BCUT2D eigenvalue weighted by Gasteiger charge is 2.29. The Morgan fingerprint density at radius 2 is 1.41 bits per heavy atom. The summed E-state index contributed by atoms with van der Waals surface area (Å²) in [7, 11) is 0. The first-order chi connectivity index (χ1) is 14.9. The van der Waals surface area contributed by atoms with Crippen molar-refractivity contribution in [2.45, 2.75) is 57.3 Å². The van der Waals surface area contributed by atoms with Crippen LogP contribution in [0.1, 0.15) is 33.1 Å². The van der Waals surface area contributed by atoms with E-state index in [0.29, 0.717) is 12.8 Å². The number of aliphatic carboxylic acids is 1. The topological polar surface area (TPSA) is 215 Å². The van der Waals surface area contributed by atoms with Crippen LogP contribution in [0.4, 0.5) is 0 Å². The van der Waals surface area contributed by atoms with Gasteiger partial charge in [0, 0.05) is 18.1 Å². The fourth-order valence-corrected chi connectivity index (χ4v) is 3.09. The van der Waals surface area contributed by atoms with Gasteiger partial charge < -0.3 is 38.3 Å². The number of carbonyl (C=O) groups is 4. The van der Waals surface area contributed by atoms with Gasteiger partial charge in [-0.25, -0.2) is 4.79 Å². The highest BCUT2D eigenvalue weighted by atomic mass is 32.1. The number of nitrogens with one attached hydrogen (secondary N) is 3. The van der Waals surface area contributed by atoms with Crippen molar-refractivity contribution in [1.82, 2.24) is 16.0 Å². The van der Waals surface area contributed by atoms with E-state index in [2.05, 4.69) is 46.2 Å². The summed E-state index contributed by atoms with van der Waals surface area (Å²) in [6.45, 7) is 4.03. The number of hydrogen-bond donors (Lipinski definition) is 9. The van der Waals surface area contributed by atoms with Crippen molar-refractivity contribution in [3.63, 3.8) is 0 Å². The van der Waals surface area contributed by atoms with E-state index in [4.69, 9.17) is 22.3 Å². The maximum atomic E-state index is 12.7. The summed E-state index contributed by atoms with van der Waals surface area (Å²) in [5.41, 5.74) is 16.4. The van der Waals surface area contributed by atoms with Crippen LogP contribution in [0.15, 0.2) is 4.99 Å². The standard InChI is InChI=1S/C18H35N7O5S2/c1-9(2)6-10(19)14(26)24-12(7-31)16(28)23-11(4-3-5-22-18(20)21)15(27)25-13(8-32)17(29)30/h9-13,31-32H,3-8,19H2,1-2H3,(H,23,28)(H,24,26)(H,25,27)(H,29,30)(H4,20,21,22). The number of guanidine groups is 1. The average Bonchev–Trinajstić information content (AvgIpc) is 2.70. The predicted molar refractivity (Wildman–Crippen MR) is 128 cm³/mol. The first-order valence-electron chi connectivity index (χ1n) is 10.1. The summed E-state index contributed by atoms with van der Waals surface area (Å²) >= 11 is 8.00. The summed E-state index contributed by atoms with van der Waals surface area (Å²) < 4.78 is 0. The molecule has 0 aliphatic rings. The Balaban J connectivity index is 5.27. The Morgan fingerprint density at radius 3 is 1.88 bits per heavy atom. The zero-order valence-corrected chi connectivity index (χ0v) is 20.1. The predicted octanol–water partition coefficient (Wildman–Crippen LogP) is -2.19. The fraction of sp³-hybridized carbons (Fsp3) is 0.722. The van der Waals surface area contributed by atoms with Crippen LogP contribution in [0.5, 0.6) is 0 Å². The second-order valence-electron chi connectivity index (χ2n) is 7.57. The molecule has 0 bridgehead atoms. The molecule has 0 aromatic heterocycles. The number of carboxylic acid groups (broad SMARTS) is 1. The molecule has 184 valence electrons. The zero-order valence-electron chi connectivity index (χ0n) is 18.3. The van der Waals surface area contributed by atoms with Crippen molar-refractivity contribution in [1.29, 1.82) is 0 Å². The minimum Gasteiger partial charge on any atom is -0.480 e. The maximum absolute atomic E-state index is 12.7. The molecule has 0 aromatic rings. The van der Waals surface area contributed by atoms with Gasteiger partial charge in [0.15, 0.2) is 5.96 Å². The third-order valence-corrected chi connectivity index (χ3v) is 4.98. The number of nitrogens with two attached hydrogens (primary N) is 3. The monoisotopic (exact) mass is 493 g/mol. The van der Waals surface area contributed by atoms with Crippen LogP contribution >= 0.6 is 25.3 Å². The van der Waals surface area contributed by atoms with Gasteiger partial charge in [0.2, 0.25) is 17.7 Å². The maximum Gasteiger partial charge on any atom is 0.327 e. The van der Waals surface area contributed by atoms with Crippen LogP contribution in [0, 0.1) is 5.92 Å². The minimum absolute atomic E-state index is 0.0390. The zero-order chi connectivity index (χ0) is 24.8. The number of thiol groups is 2. The van der Waals surface area contributed by atoms with Crippen molar-refractivity contribution in [3.05, 3.63) is 0 Å². The lowest BCUT2D eigenvalue weighted by Gasteiger charge is -2.24. The van der Waals surface area contributed by atoms with Crippen LogP contribution < -0.4 is 33.2 Å². The molecule has 10 N–H and O–H groups in total. The molecule has 32 heavy (non-hydrogen) atoms. The van der Waals surface area contributed by atoms with Crippen molar-refractivity contribution in [2.24, 2.45) is 28.1 Å². The van der Waals surface area contributed by atoms with Gasteiger partial charge in [-0.3, -0.25) is 19.4 Å². The normalized spacial score (nSPS) is 14.6. The van der Waals surface area contributed by atoms with Gasteiger partial charge in [-0.1, -0.05) is 13.8 Å². The van der Waals surface area contributed by atoms with E-state index in [1.54, 1.807) is 0 Å². The van der Waals surface area contributed by atoms with E-state index in [-0.39, 0.29) is 36.3 Å². The highest BCUT2D eigenvalue weighted by Crippen LogP contribution is 2.05. The molecule has 0 aliphatic heterocycles. The lowest BCUT2D eigenvalue weighted by molar-refractivity contribution is -0.141. The molecule has 0 rings (SSSR count). The number of amides is 3. The Labute approximate surface area is 198 Å². The van der Waals surface area contributed by atoms with E-state index >= 15 is 0 Å². The second kappa shape index (κ2) is 15.6. The molecule has 4 unspecified atom stereocenters. The van der Waals surface area contributed by atoms with Crippen molar-refractivity contribution in [3.8, 4) is 0 Å². The lowest BCUT2D eigenvalue weighted by atomic mass is 10.0. The van der Waals surface area contributed by atoms with E-state index in [1.807, 2.05) is 13.8 Å². The molecular weight excluding hydrogens is 458 g/mol. The number of carbonyl (C=O) groups excluding carboxylic acids is 3. The van der Waals surface area contributed by atoms with Crippen molar-refractivity contribution in [2.75, 3.05) is 18.1 Å². The number of carboxylic acids is 1. The first kappa shape index (κ1) is 29.8. The Bertz CT molecular complexity index is 674. The van der Waals surface area contributed by atoms with Gasteiger partial charge in [-0.15, -0.1) is 0 Å². The smallest absolute Gasteiger partial charge is 0.327 e. The lowest BCUT2D eigenvalue weighted by Crippen LogP contribution is -2.57. The van der Waals surface area contributed by atoms with Gasteiger partial charge >= 0.3 is 5.97 Å². The van der Waals surface area contributed by atoms with Gasteiger partial charge in [-0.05, 0) is 25.2 Å². The van der Waals surface area contributed by atoms with E-state index in [0.717, 1.165) is 0 Å². The molecule has 0 heterocycles. The fourth-order valence-electron chi connectivity index (χ4n) is 2.59. The average molecular weight is 494 g/mol. The summed E-state index contributed by atoms with van der Waals surface area (Å²) in [5.74, 6) is -3.27. The molecule has 0 aromatic carbocycles. The molecule has 0 fully saturated rings. The molecule has 3 amide bonds. The summed E-state index contributed by atoms with van der Waals surface area (Å²) in [5, 5.41) is 16.5. The Hall–Kier alpha value is -2.19. The van der Waals surface area contributed by atoms with Crippen LogP contribution in [0.3, 0.4) is 0 Å². The molecule has 12 nitrogen and oxygen atoms in total. The van der Waals surface area contributed by atoms with E-state index < -0.39 is 47.9 Å². The van der Waals surface area contributed by atoms with Crippen molar-refractivity contribution < 1.29 is 24.3 Å². The van der Waals surface area contributed by atoms with Gasteiger partial charge in [0.05, 0.1) is 6.04 Å². The summed E-state index contributed by atoms with van der Waals surface area (Å²) in [6.07, 6.45) is 0.877.